The van der Waals surface area contributed by atoms with Gasteiger partial charge in [0.15, 0.2) is 0 Å². The molecule has 1 N–H and O–H groups in total. The van der Waals surface area contributed by atoms with Gasteiger partial charge in [-0.1, -0.05) is 70.2 Å². The number of ether oxygens (including phenoxy) is 1. The molecule has 0 aromatic heterocycles. The van der Waals surface area contributed by atoms with Gasteiger partial charge in [-0.3, -0.25) is 4.79 Å². The maximum absolute atomic E-state index is 12.2. The molecule has 26 heavy (non-hydrogen) atoms. The molecule has 0 aliphatic heterocycles. The third-order valence-corrected chi connectivity index (χ3v) is 5.67. The second-order valence-electron chi connectivity index (χ2n) is 7.83. The van der Waals surface area contributed by atoms with Gasteiger partial charge >= 0.3 is 5.97 Å². The van der Waals surface area contributed by atoms with Crippen molar-refractivity contribution < 1.29 is 14.6 Å². The van der Waals surface area contributed by atoms with Crippen LogP contribution in [0.3, 0.4) is 0 Å². The minimum absolute atomic E-state index is 0.0507. The van der Waals surface area contributed by atoms with Crippen molar-refractivity contribution in [2.45, 2.75) is 90.1 Å². The van der Waals surface area contributed by atoms with E-state index in [1.807, 2.05) is 0 Å². The Bertz CT molecular complexity index is 527. The summed E-state index contributed by atoms with van der Waals surface area (Å²) in [6, 6.07) is 8.35. The lowest BCUT2D eigenvalue weighted by molar-refractivity contribution is -0.152. The fraction of sp³-hybridized carbons (Fsp3) is 0.696. The van der Waals surface area contributed by atoms with Gasteiger partial charge in [-0.2, -0.15) is 0 Å². The van der Waals surface area contributed by atoms with Gasteiger partial charge in [-0.25, -0.2) is 0 Å². The molecule has 1 aromatic rings. The smallest absolute Gasteiger partial charge is 0.308 e. The topological polar surface area (TPSA) is 46.5 Å². The predicted octanol–water partition coefficient (Wildman–Crippen LogP) is 5.53. The van der Waals surface area contributed by atoms with Gasteiger partial charge in [0.25, 0.3) is 0 Å². The zero-order valence-electron chi connectivity index (χ0n) is 16.6. The molecule has 2 rings (SSSR count). The number of carbonyl (C=O) groups excluding carboxylic acids is 1. The lowest BCUT2D eigenvalue weighted by Gasteiger charge is -2.35. The van der Waals surface area contributed by atoms with E-state index in [0.717, 1.165) is 31.2 Å². The highest BCUT2D eigenvalue weighted by Crippen LogP contribution is 2.40. The van der Waals surface area contributed by atoms with Crippen molar-refractivity contribution in [1.29, 1.82) is 0 Å². The lowest BCUT2D eigenvalue weighted by atomic mass is 9.75. The van der Waals surface area contributed by atoms with Crippen molar-refractivity contribution in [3.8, 4) is 0 Å². The average Bonchev–Trinajstić information content (AvgIpc) is 2.66. The van der Waals surface area contributed by atoms with Crippen molar-refractivity contribution in [3.63, 3.8) is 0 Å². The van der Waals surface area contributed by atoms with Crippen molar-refractivity contribution in [2.75, 3.05) is 6.61 Å². The summed E-state index contributed by atoms with van der Waals surface area (Å²) in [5.74, 6) is -0.119. The Morgan fingerprint density at radius 3 is 2.31 bits per heavy atom. The Kier molecular flexibility index (Phi) is 8.64. The molecule has 0 heterocycles. The standard InChI is InChI=1S/C23H36O3/c1-3-5-6-7-8-18-26-22(24)20-14-16-23(25,17-15-20)21-12-10-19(9-4-2)11-13-21/h10-13,20,25H,3-9,14-18H2,1-2H3. The number of aliphatic hydroxyl groups is 1. The number of benzene rings is 1. The summed E-state index contributed by atoms with van der Waals surface area (Å²) in [6.45, 7) is 4.92. The van der Waals surface area contributed by atoms with E-state index < -0.39 is 5.60 Å². The minimum Gasteiger partial charge on any atom is -0.465 e. The molecule has 0 unspecified atom stereocenters. The van der Waals surface area contributed by atoms with Crippen LogP contribution in [0.2, 0.25) is 0 Å². The van der Waals surface area contributed by atoms with Crippen molar-refractivity contribution >= 4 is 5.97 Å². The Morgan fingerprint density at radius 1 is 1.04 bits per heavy atom. The normalized spacial score (nSPS) is 23.0. The molecule has 1 fully saturated rings. The molecular weight excluding hydrogens is 324 g/mol. The Hall–Kier alpha value is -1.35. The van der Waals surface area contributed by atoms with Gasteiger partial charge < -0.3 is 9.84 Å². The van der Waals surface area contributed by atoms with E-state index in [-0.39, 0.29) is 11.9 Å². The lowest BCUT2D eigenvalue weighted by Crippen LogP contribution is -2.34. The number of esters is 1. The van der Waals surface area contributed by atoms with Crippen LogP contribution >= 0.6 is 0 Å². The average molecular weight is 361 g/mol. The van der Waals surface area contributed by atoms with E-state index in [9.17, 15) is 9.90 Å². The van der Waals surface area contributed by atoms with Crippen LogP contribution in [0.15, 0.2) is 24.3 Å². The van der Waals surface area contributed by atoms with Gasteiger partial charge in [-0.05, 0) is 49.7 Å². The third-order valence-electron chi connectivity index (χ3n) is 5.67. The van der Waals surface area contributed by atoms with Crippen molar-refractivity contribution in [1.82, 2.24) is 0 Å². The van der Waals surface area contributed by atoms with Crippen LogP contribution in [0.25, 0.3) is 0 Å². The number of carbonyl (C=O) groups is 1. The monoisotopic (exact) mass is 360 g/mol. The zero-order valence-corrected chi connectivity index (χ0v) is 16.6. The second-order valence-corrected chi connectivity index (χ2v) is 7.83. The second kappa shape index (κ2) is 10.7. The molecule has 0 radical (unpaired) electrons. The first-order valence-corrected chi connectivity index (χ1v) is 10.6. The van der Waals surface area contributed by atoms with E-state index in [1.54, 1.807) is 0 Å². The van der Waals surface area contributed by atoms with Crippen LogP contribution in [0.4, 0.5) is 0 Å². The quantitative estimate of drug-likeness (QED) is 0.441. The summed E-state index contributed by atoms with van der Waals surface area (Å²) < 4.78 is 5.46. The molecule has 0 saturated heterocycles. The summed E-state index contributed by atoms with van der Waals surface area (Å²) in [6.07, 6.45) is 10.7. The number of hydrogen-bond donors (Lipinski definition) is 1. The first kappa shape index (κ1) is 21.0. The fourth-order valence-corrected chi connectivity index (χ4v) is 3.89. The molecular formula is C23H36O3. The molecule has 0 spiro atoms. The molecule has 1 aliphatic rings. The van der Waals surface area contributed by atoms with Gasteiger partial charge in [0.2, 0.25) is 0 Å². The molecule has 1 aliphatic carbocycles. The van der Waals surface area contributed by atoms with Crippen molar-refractivity contribution in [3.05, 3.63) is 35.4 Å². The highest BCUT2D eigenvalue weighted by molar-refractivity contribution is 5.72. The molecule has 146 valence electrons. The molecule has 0 atom stereocenters. The summed E-state index contributed by atoms with van der Waals surface area (Å²) in [4.78, 5) is 12.2. The fourth-order valence-electron chi connectivity index (χ4n) is 3.89. The molecule has 3 heteroatoms. The number of unbranched alkanes of at least 4 members (excludes halogenated alkanes) is 4. The third kappa shape index (κ3) is 6.12. The Balaban J connectivity index is 1.75. The summed E-state index contributed by atoms with van der Waals surface area (Å²) in [5, 5.41) is 11.0. The first-order valence-electron chi connectivity index (χ1n) is 10.6. The Morgan fingerprint density at radius 2 is 1.69 bits per heavy atom. The van der Waals surface area contributed by atoms with Gasteiger partial charge in [0.1, 0.15) is 0 Å². The largest absolute Gasteiger partial charge is 0.465 e. The van der Waals surface area contributed by atoms with Crippen LogP contribution in [-0.2, 0) is 21.6 Å². The van der Waals surface area contributed by atoms with Crippen LogP contribution in [0.5, 0.6) is 0 Å². The van der Waals surface area contributed by atoms with Gasteiger partial charge in [0.05, 0.1) is 18.1 Å². The highest BCUT2D eigenvalue weighted by Gasteiger charge is 2.37. The number of rotatable bonds is 10. The van der Waals surface area contributed by atoms with E-state index in [4.69, 9.17) is 4.74 Å². The molecule has 3 nitrogen and oxygen atoms in total. The van der Waals surface area contributed by atoms with Crippen LogP contribution in [-0.4, -0.2) is 17.7 Å². The summed E-state index contributed by atoms with van der Waals surface area (Å²) in [7, 11) is 0. The predicted molar refractivity (Wildman–Crippen MR) is 106 cm³/mol. The van der Waals surface area contributed by atoms with E-state index in [1.165, 1.54) is 24.8 Å². The molecule has 0 amide bonds. The van der Waals surface area contributed by atoms with Crippen LogP contribution < -0.4 is 0 Å². The molecule has 0 bridgehead atoms. The summed E-state index contributed by atoms with van der Waals surface area (Å²) in [5.41, 5.74) is 1.51. The van der Waals surface area contributed by atoms with Crippen LogP contribution in [0.1, 0.15) is 89.2 Å². The highest BCUT2D eigenvalue weighted by atomic mass is 16.5. The van der Waals surface area contributed by atoms with Gasteiger partial charge in [0, 0.05) is 0 Å². The molecule has 1 aromatic carbocycles. The number of hydrogen-bond acceptors (Lipinski definition) is 3. The van der Waals surface area contributed by atoms with E-state index in [0.29, 0.717) is 32.3 Å². The first-order chi connectivity index (χ1) is 12.6. The van der Waals surface area contributed by atoms with E-state index >= 15 is 0 Å². The van der Waals surface area contributed by atoms with Crippen LogP contribution in [0, 0.1) is 5.92 Å². The SMILES string of the molecule is CCCCCCCOC(=O)C1CCC(O)(c2ccc(CCC)cc2)CC1. The minimum atomic E-state index is -0.790. The molecule has 1 saturated carbocycles. The van der Waals surface area contributed by atoms with E-state index in [2.05, 4.69) is 38.1 Å². The van der Waals surface area contributed by atoms with Gasteiger partial charge in [-0.15, -0.1) is 0 Å². The van der Waals surface area contributed by atoms with Crippen molar-refractivity contribution in [2.24, 2.45) is 5.92 Å². The summed E-state index contributed by atoms with van der Waals surface area (Å²) >= 11 is 0. The maximum Gasteiger partial charge on any atom is 0.308 e. The zero-order chi connectivity index (χ0) is 18.8. The Labute approximate surface area is 159 Å². The number of aryl methyl sites for hydroxylation is 1. The maximum atomic E-state index is 12.2.